The highest BCUT2D eigenvalue weighted by molar-refractivity contribution is 6.39. The van der Waals surface area contributed by atoms with E-state index in [0.29, 0.717) is 22.4 Å². The Bertz CT molecular complexity index is 1950. The summed E-state index contributed by atoms with van der Waals surface area (Å²) in [6.07, 6.45) is 0. The molecule has 1 saturated heterocycles. The number of fused-ring (bicyclic) bond motifs is 5. The van der Waals surface area contributed by atoms with Crippen LogP contribution in [0, 0.1) is 23.2 Å². The van der Waals surface area contributed by atoms with Gasteiger partial charge in [0, 0.05) is 0 Å². The van der Waals surface area contributed by atoms with E-state index >= 15 is 4.79 Å². The summed E-state index contributed by atoms with van der Waals surface area (Å²) in [6.45, 7) is 0. The Labute approximate surface area is 260 Å². The summed E-state index contributed by atoms with van der Waals surface area (Å²) in [5.41, 5.74) is 2.50. The van der Waals surface area contributed by atoms with E-state index < -0.39 is 34.5 Å². The van der Waals surface area contributed by atoms with Gasteiger partial charge in [-0.05, 0) is 57.7 Å². The third kappa shape index (κ3) is 3.34. The van der Waals surface area contributed by atoms with Crippen molar-refractivity contribution in [1.82, 2.24) is 0 Å². The number of carbonyl (C=O) groups is 3. The number of Topliss-reactive ketones (excluding diaryl/α,β-unsaturated/α-hetero) is 1. The van der Waals surface area contributed by atoms with Crippen LogP contribution < -0.4 is 4.90 Å². The minimum atomic E-state index is -1.44. The lowest BCUT2D eigenvalue weighted by molar-refractivity contribution is -0.130. The average Bonchev–Trinajstić information content (AvgIpc) is 3.62. The average molecular weight is 583 g/mol. The smallest absolute Gasteiger partial charge is 0.239 e. The number of hydrogen-bond acceptors (Lipinski definition) is 4. The third-order valence-electron chi connectivity index (χ3n) is 9.83. The molecule has 5 aromatic rings. The van der Waals surface area contributed by atoms with Gasteiger partial charge in [-0.1, -0.05) is 121 Å². The van der Waals surface area contributed by atoms with E-state index in [1.165, 1.54) is 4.90 Å². The van der Waals surface area contributed by atoms with Crippen LogP contribution in [0.15, 0.2) is 146 Å². The zero-order valence-electron chi connectivity index (χ0n) is 24.1. The van der Waals surface area contributed by atoms with Crippen molar-refractivity contribution in [1.29, 1.82) is 5.26 Å². The molecule has 0 spiro atoms. The van der Waals surface area contributed by atoms with Crippen LogP contribution in [0.2, 0.25) is 0 Å². The summed E-state index contributed by atoms with van der Waals surface area (Å²) in [5.74, 6) is -2.95. The molecule has 2 fully saturated rings. The highest BCUT2D eigenvalue weighted by atomic mass is 16.2. The predicted molar refractivity (Wildman–Crippen MR) is 172 cm³/mol. The van der Waals surface area contributed by atoms with E-state index in [1.54, 1.807) is 24.3 Å². The van der Waals surface area contributed by atoms with Crippen LogP contribution in [0.3, 0.4) is 0 Å². The van der Waals surface area contributed by atoms with Gasteiger partial charge in [0.1, 0.15) is 0 Å². The molecule has 5 nitrogen and oxygen atoms in total. The number of carbonyl (C=O) groups excluding carboxylic acids is 3. The van der Waals surface area contributed by atoms with Crippen LogP contribution in [-0.2, 0) is 25.2 Å². The molecule has 3 aliphatic rings. The van der Waals surface area contributed by atoms with Crippen LogP contribution in [0.25, 0.3) is 11.1 Å². The molecule has 0 radical (unpaired) electrons. The maximum atomic E-state index is 15.8. The standard InChI is InChI=1S/C40H26N2O3/c41-25-26-21-23-31(24-22-26)42-36(43)34-35(37(42)44)40(30-19-11-4-12-20-30)33(28-15-7-2-8-16-28)32(27-13-5-1-6-14-27)39(34,38(40)45)29-17-9-3-10-18-29/h1-24,34-35H/t34-,35-,39+,40+/m1/s1. The number of allylic oxidation sites excluding steroid dienone is 2. The van der Waals surface area contributed by atoms with E-state index in [9.17, 15) is 14.9 Å². The number of anilines is 1. The minimum absolute atomic E-state index is 0.152. The Hall–Kier alpha value is -5.86. The van der Waals surface area contributed by atoms with Crippen LogP contribution in [0.1, 0.15) is 27.8 Å². The molecule has 1 saturated carbocycles. The zero-order chi connectivity index (χ0) is 30.8. The van der Waals surface area contributed by atoms with Gasteiger partial charge in [0.05, 0.1) is 40.0 Å². The molecule has 2 bridgehead atoms. The van der Waals surface area contributed by atoms with E-state index in [1.807, 2.05) is 121 Å². The van der Waals surface area contributed by atoms with Gasteiger partial charge < -0.3 is 0 Å². The largest absolute Gasteiger partial charge is 0.297 e. The third-order valence-corrected chi connectivity index (χ3v) is 9.83. The quantitative estimate of drug-likeness (QED) is 0.215. The first-order valence-electron chi connectivity index (χ1n) is 15.0. The van der Waals surface area contributed by atoms with Crippen molar-refractivity contribution in [2.24, 2.45) is 11.8 Å². The summed E-state index contributed by atoms with van der Waals surface area (Å²) in [7, 11) is 0. The molecule has 0 aromatic heterocycles. The molecule has 1 heterocycles. The number of nitriles is 1. The van der Waals surface area contributed by atoms with Crippen molar-refractivity contribution in [3.05, 3.63) is 173 Å². The number of imide groups is 1. The Balaban J connectivity index is 1.54. The molecule has 214 valence electrons. The fourth-order valence-corrected chi connectivity index (χ4v) is 8.27. The second kappa shape index (κ2) is 9.83. The van der Waals surface area contributed by atoms with E-state index in [-0.39, 0.29) is 5.78 Å². The highest BCUT2D eigenvalue weighted by Crippen LogP contribution is 2.74. The van der Waals surface area contributed by atoms with Gasteiger partial charge in [-0.3, -0.25) is 14.4 Å². The molecule has 2 aliphatic carbocycles. The topological polar surface area (TPSA) is 78.2 Å². The van der Waals surface area contributed by atoms with Crippen molar-refractivity contribution in [2.45, 2.75) is 10.8 Å². The second-order valence-corrected chi connectivity index (χ2v) is 11.8. The first-order chi connectivity index (χ1) is 22.1. The number of amides is 2. The SMILES string of the molecule is N#Cc1ccc(N2C(=O)[C@H]3[C@H](C2=O)[C@@]2(c4ccccc4)C(=O)[C@@]3(c3ccccc3)C(c3ccccc3)=C2c2ccccc2)cc1. The Morgan fingerprint density at radius 2 is 0.889 bits per heavy atom. The van der Waals surface area contributed by atoms with Crippen LogP contribution in [0.5, 0.6) is 0 Å². The Kier molecular flexibility index (Phi) is 5.84. The van der Waals surface area contributed by atoms with Crippen molar-refractivity contribution < 1.29 is 14.4 Å². The minimum Gasteiger partial charge on any atom is -0.297 e. The number of nitrogens with zero attached hydrogens (tertiary/aromatic N) is 2. The number of ketones is 1. The van der Waals surface area contributed by atoms with Crippen molar-refractivity contribution >= 4 is 34.4 Å². The van der Waals surface area contributed by atoms with Crippen LogP contribution in [-0.4, -0.2) is 17.6 Å². The molecular weight excluding hydrogens is 556 g/mol. The maximum Gasteiger partial charge on any atom is 0.239 e. The Morgan fingerprint density at radius 3 is 1.27 bits per heavy atom. The molecule has 0 N–H and O–H groups in total. The first-order valence-corrected chi connectivity index (χ1v) is 15.0. The second-order valence-electron chi connectivity index (χ2n) is 11.8. The first kappa shape index (κ1) is 26.7. The van der Waals surface area contributed by atoms with Crippen molar-refractivity contribution in [2.75, 3.05) is 4.90 Å². The van der Waals surface area contributed by atoms with E-state index in [2.05, 4.69) is 6.07 Å². The summed E-state index contributed by atoms with van der Waals surface area (Å²) in [5, 5.41) is 9.39. The lowest BCUT2D eigenvalue weighted by Gasteiger charge is -2.39. The molecule has 45 heavy (non-hydrogen) atoms. The summed E-state index contributed by atoms with van der Waals surface area (Å²) in [6, 6.07) is 47.1. The number of hydrogen-bond donors (Lipinski definition) is 0. The summed E-state index contributed by atoms with van der Waals surface area (Å²) < 4.78 is 0. The molecule has 8 rings (SSSR count). The monoisotopic (exact) mass is 582 g/mol. The molecule has 4 atom stereocenters. The fourth-order valence-electron chi connectivity index (χ4n) is 8.27. The maximum absolute atomic E-state index is 15.8. The predicted octanol–water partition coefficient (Wildman–Crippen LogP) is 6.75. The lowest BCUT2D eigenvalue weighted by Crippen LogP contribution is -2.45. The zero-order valence-corrected chi connectivity index (χ0v) is 24.1. The summed E-state index contributed by atoms with van der Waals surface area (Å²) in [4.78, 5) is 46.9. The van der Waals surface area contributed by atoms with Gasteiger partial charge in [-0.2, -0.15) is 5.26 Å². The molecular formula is C40H26N2O3. The van der Waals surface area contributed by atoms with Gasteiger partial charge >= 0.3 is 0 Å². The Morgan fingerprint density at radius 1 is 0.511 bits per heavy atom. The molecule has 0 unspecified atom stereocenters. The van der Waals surface area contributed by atoms with Gasteiger partial charge in [-0.25, -0.2) is 4.90 Å². The van der Waals surface area contributed by atoms with E-state index in [4.69, 9.17) is 0 Å². The molecule has 2 amide bonds. The van der Waals surface area contributed by atoms with Gasteiger partial charge in [0.25, 0.3) is 0 Å². The normalized spacial score (nSPS) is 25.0. The van der Waals surface area contributed by atoms with Crippen molar-refractivity contribution in [3.63, 3.8) is 0 Å². The van der Waals surface area contributed by atoms with Crippen LogP contribution >= 0.6 is 0 Å². The number of rotatable bonds is 5. The molecule has 5 heteroatoms. The molecule has 1 aliphatic heterocycles. The van der Waals surface area contributed by atoms with Gasteiger partial charge in [-0.15, -0.1) is 0 Å². The lowest BCUT2D eigenvalue weighted by atomic mass is 9.59. The summed E-state index contributed by atoms with van der Waals surface area (Å²) >= 11 is 0. The number of benzene rings is 5. The molecule has 5 aromatic carbocycles. The highest BCUT2D eigenvalue weighted by Gasteiger charge is 2.82. The van der Waals surface area contributed by atoms with Gasteiger partial charge in [0.15, 0.2) is 5.78 Å². The van der Waals surface area contributed by atoms with Gasteiger partial charge in [0.2, 0.25) is 11.8 Å². The van der Waals surface area contributed by atoms with E-state index in [0.717, 1.165) is 22.3 Å². The fraction of sp³-hybridized carbons (Fsp3) is 0.100. The van der Waals surface area contributed by atoms with Crippen LogP contribution in [0.4, 0.5) is 5.69 Å². The van der Waals surface area contributed by atoms with Crippen molar-refractivity contribution in [3.8, 4) is 6.07 Å².